The third-order valence-electron chi connectivity index (χ3n) is 3.20. The molecule has 5 heteroatoms. The van der Waals surface area contributed by atoms with E-state index in [0.29, 0.717) is 12.4 Å². The van der Waals surface area contributed by atoms with Crippen molar-refractivity contribution in [1.82, 2.24) is 4.98 Å². The van der Waals surface area contributed by atoms with Crippen molar-refractivity contribution in [3.8, 4) is 0 Å². The quantitative estimate of drug-likeness (QED) is 0.939. The van der Waals surface area contributed by atoms with Crippen LogP contribution in [0.15, 0.2) is 36.5 Å². The highest BCUT2D eigenvalue weighted by Gasteiger charge is 2.20. The van der Waals surface area contributed by atoms with Gasteiger partial charge in [0.05, 0.1) is 11.8 Å². The van der Waals surface area contributed by atoms with E-state index in [-0.39, 0.29) is 11.5 Å². The average Bonchev–Trinajstić information content (AvgIpc) is 2.48. The first kappa shape index (κ1) is 15.0. The second kappa shape index (κ2) is 6.35. The molecule has 0 atom stereocenters. The molecule has 2 rings (SSSR count). The maximum atomic E-state index is 13.4. The van der Waals surface area contributed by atoms with Crippen molar-refractivity contribution in [1.29, 1.82) is 0 Å². The van der Waals surface area contributed by atoms with Crippen LogP contribution in [0, 0.1) is 12.7 Å². The van der Waals surface area contributed by atoms with Crippen LogP contribution in [-0.4, -0.2) is 24.5 Å². The molecule has 0 aliphatic heterocycles. The van der Waals surface area contributed by atoms with Crippen molar-refractivity contribution >= 4 is 17.4 Å². The average molecular weight is 287 g/mol. The predicted molar refractivity (Wildman–Crippen MR) is 82.3 cm³/mol. The van der Waals surface area contributed by atoms with Crippen LogP contribution in [0.2, 0.25) is 0 Å². The number of aryl methyl sites for hydroxylation is 1. The van der Waals surface area contributed by atoms with Crippen LogP contribution in [0.1, 0.15) is 22.8 Å². The Hall–Kier alpha value is -2.43. The fraction of sp³-hybridized carbons (Fsp3) is 0.250. The van der Waals surface area contributed by atoms with Gasteiger partial charge in [0, 0.05) is 19.3 Å². The molecule has 0 saturated carbocycles. The van der Waals surface area contributed by atoms with Gasteiger partial charge < -0.3 is 10.2 Å². The van der Waals surface area contributed by atoms with Gasteiger partial charge in [-0.25, -0.2) is 9.37 Å². The lowest BCUT2D eigenvalue weighted by molar-refractivity contribution is 0.0988. The third kappa shape index (κ3) is 3.18. The smallest absolute Gasteiger partial charge is 0.262 e. The molecule has 110 valence electrons. The van der Waals surface area contributed by atoms with Crippen molar-refractivity contribution in [2.75, 3.05) is 23.8 Å². The predicted octanol–water partition coefficient (Wildman–Crippen LogP) is 3.24. The number of hydrogen-bond donors (Lipinski definition) is 1. The van der Waals surface area contributed by atoms with Gasteiger partial charge in [-0.2, -0.15) is 0 Å². The molecule has 0 bridgehead atoms. The number of carbonyl (C=O) groups excluding carboxylic acids is 1. The number of rotatable bonds is 4. The topological polar surface area (TPSA) is 45.2 Å². The number of nitrogens with one attached hydrogen (secondary N) is 1. The van der Waals surface area contributed by atoms with Gasteiger partial charge in [0.1, 0.15) is 11.6 Å². The summed E-state index contributed by atoms with van der Waals surface area (Å²) in [7, 11) is 1.65. The first-order valence-electron chi connectivity index (χ1n) is 6.78. The second-order valence-electron chi connectivity index (χ2n) is 4.69. The van der Waals surface area contributed by atoms with Gasteiger partial charge in [-0.3, -0.25) is 4.79 Å². The Labute approximate surface area is 123 Å². The minimum atomic E-state index is -0.530. The number of aromatic nitrogens is 1. The van der Waals surface area contributed by atoms with E-state index >= 15 is 0 Å². The minimum Gasteiger partial charge on any atom is -0.372 e. The van der Waals surface area contributed by atoms with Crippen LogP contribution >= 0.6 is 0 Å². The number of benzene rings is 1. The zero-order valence-corrected chi connectivity index (χ0v) is 12.4. The molecular weight excluding hydrogens is 269 g/mol. The van der Waals surface area contributed by atoms with Crippen LogP contribution in [0.4, 0.5) is 15.9 Å². The van der Waals surface area contributed by atoms with Crippen molar-refractivity contribution in [3.63, 3.8) is 0 Å². The summed E-state index contributed by atoms with van der Waals surface area (Å²) in [6.45, 7) is 4.33. The van der Waals surface area contributed by atoms with Crippen molar-refractivity contribution in [2.45, 2.75) is 13.8 Å². The van der Waals surface area contributed by atoms with E-state index in [1.54, 1.807) is 11.9 Å². The summed E-state index contributed by atoms with van der Waals surface area (Å²) in [5, 5.41) is 2.82. The monoisotopic (exact) mass is 287 g/mol. The fourth-order valence-electron chi connectivity index (χ4n) is 2.19. The molecule has 0 unspecified atom stereocenters. The standard InChI is InChI=1S/C16H18FN3O/c1-4-20(13-7-5-6-11(2)8-13)16(21)14-9-12(17)10-19-15(14)18-3/h5-10H,4H2,1-3H3,(H,18,19). The number of hydrogen-bond acceptors (Lipinski definition) is 3. The Kier molecular flexibility index (Phi) is 4.52. The Morgan fingerprint density at radius 2 is 2.14 bits per heavy atom. The minimum absolute atomic E-state index is 0.223. The maximum Gasteiger partial charge on any atom is 0.262 e. The van der Waals surface area contributed by atoms with Gasteiger partial charge in [0.2, 0.25) is 0 Å². The largest absolute Gasteiger partial charge is 0.372 e. The molecule has 1 aromatic carbocycles. The van der Waals surface area contributed by atoms with Gasteiger partial charge in [-0.05, 0) is 37.6 Å². The zero-order valence-electron chi connectivity index (χ0n) is 12.4. The Bertz CT molecular complexity index is 658. The van der Waals surface area contributed by atoms with Crippen LogP contribution in [0.5, 0.6) is 0 Å². The third-order valence-corrected chi connectivity index (χ3v) is 3.20. The number of amides is 1. The summed E-state index contributed by atoms with van der Waals surface area (Å²) >= 11 is 0. The Morgan fingerprint density at radius 3 is 2.76 bits per heavy atom. The Morgan fingerprint density at radius 1 is 1.38 bits per heavy atom. The number of anilines is 2. The van der Waals surface area contributed by atoms with Crippen molar-refractivity contribution in [2.24, 2.45) is 0 Å². The van der Waals surface area contributed by atoms with E-state index in [0.717, 1.165) is 17.4 Å². The molecule has 0 saturated heterocycles. The van der Waals surface area contributed by atoms with Crippen LogP contribution in [-0.2, 0) is 0 Å². The highest BCUT2D eigenvalue weighted by molar-refractivity contribution is 6.09. The molecule has 1 amide bonds. The van der Waals surface area contributed by atoms with Crippen LogP contribution in [0.3, 0.4) is 0 Å². The number of pyridine rings is 1. The zero-order chi connectivity index (χ0) is 15.4. The molecule has 1 N–H and O–H groups in total. The van der Waals surface area contributed by atoms with E-state index in [1.807, 2.05) is 38.1 Å². The molecule has 2 aromatic rings. The van der Waals surface area contributed by atoms with E-state index in [1.165, 1.54) is 6.07 Å². The number of carbonyl (C=O) groups is 1. The lowest BCUT2D eigenvalue weighted by Crippen LogP contribution is -2.31. The summed E-state index contributed by atoms with van der Waals surface area (Å²) in [6.07, 6.45) is 1.09. The van der Waals surface area contributed by atoms with E-state index in [2.05, 4.69) is 10.3 Å². The molecule has 1 aromatic heterocycles. The molecule has 0 spiro atoms. The number of nitrogens with zero attached hydrogens (tertiary/aromatic N) is 2. The molecular formula is C16H18FN3O. The summed E-state index contributed by atoms with van der Waals surface area (Å²) in [5.41, 5.74) is 2.07. The van der Waals surface area contributed by atoms with E-state index < -0.39 is 5.82 Å². The number of halogens is 1. The first-order chi connectivity index (χ1) is 10.1. The summed E-state index contributed by atoms with van der Waals surface area (Å²) in [6, 6.07) is 8.85. The second-order valence-corrected chi connectivity index (χ2v) is 4.69. The summed E-state index contributed by atoms with van der Waals surface area (Å²) in [5.74, 6) is -0.440. The fourth-order valence-corrected chi connectivity index (χ4v) is 2.19. The molecule has 0 fully saturated rings. The Balaban J connectivity index is 2.43. The summed E-state index contributed by atoms with van der Waals surface area (Å²) < 4.78 is 13.4. The van der Waals surface area contributed by atoms with Crippen molar-refractivity contribution in [3.05, 3.63) is 53.5 Å². The van der Waals surface area contributed by atoms with Gasteiger partial charge in [0.15, 0.2) is 0 Å². The van der Waals surface area contributed by atoms with Gasteiger partial charge in [0.25, 0.3) is 5.91 Å². The molecule has 21 heavy (non-hydrogen) atoms. The first-order valence-corrected chi connectivity index (χ1v) is 6.78. The SMILES string of the molecule is CCN(C(=O)c1cc(F)cnc1NC)c1cccc(C)c1. The van der Waals surface area contributed by atoms with Gasteiger partial charge >= 0.3 is 0 Å². The van der Waals surface area contributed by atoms with Crippen LogP contribution in [0.25, 0.3) is 0 Å². The molecule has 1 heterocycles. The van der Waals surface area contributed by atoms with E-state index in [9.17, 15) is 9.18 Å². The highest BCUT2D eigenvalue weighted by Crippen LogP contribution is 2.21. The van der Waals surface area contributed by atoms with Crippen LogP contribution < -0.4 is 10.2 Å². The van der Waals surface area contributed by atoms with E-state index in [4.69, 9.17) is 0 Å². The maximum absolute atomic E-state index is 13.4. The normalized spacial score (nSPS) is 10.3. The lowest BCUT2D eigenvalue weighted by atomic mass is 10.1. The lowest BCUT2D eigenvalue weighted by Gasteiger charge is -2.22. The molecule has 4 nitrogen and oxygen atoms in total. The molecule has 0 aliphatic rings. The van der Waals surface area contributed by atoms with Crippen molar-refractivity contribution < 1.29 is 9.18 Å². The highest BCUT2D eigenvalue weighted by atomic mass is 19.1. The van der Waals surface area contributed by atoms with Gasteiger partial charge in [-0.15, -0.1) is 0 Å². The molecule has 0 aliphatic carbocycles. The summed E-state index contributed by atoms with van der Waals surface area (Å²) in [4.78, 5) is 18.2. The van der Waals surface area contributed by atoms with Gasteiger partial charge in [-0.1, -0.05) is 12.1 Å². The molecule has 0 radical (unpaired) electrons.